The number of hydrogen-bond acceptors (Lipinski definition) is 11. The highest BCUT2D eigenvalue weighted by Gasteiger charge is 2.50. The molecule has 0 spiro atoms. The lowest BCUT2D eigenvalue weighted by molar-refractivity contribution is -0.301. The third-order valence-electron chi connectivity index (χ3n) is 12.5. The molecule has 0 amide bonds. The van der Waals surface area contributed by atoms with Gasteiger partial charge in [0, 0.05) is 19.3 Å². The van der Waals surface area contributed by atoms with Gasteiger partial charge in [0.2, 0.25) is 0 Å². The second-order valence-corrected chi connectivity index (χ2v) is 19.5. The minimum Gasteiger partial charge on any atom is -0.479 e. The van der Waals surface area contributed by atoms with Crippen molar-refractivity contribution in [3.8, 4) is 0 Å². The number of aliphatic hydroxyl groups excluding tert-OH is 2. The van der Waals surface area contributed by atoms with Gasteiger partial charge in [-0.3, -0.25) is 14.4 Å². The van der Waals surface area contributed by atoms with Crippen LogP contribution in [0, 0.1) is 0 Å². The highest BCUT2D eigenvalue weighted by Crippen LogP contribution is 2.26. The van der Waals surface area contributed by atoms with Gasteiger partial charge in [-0.25, -0.2) is 4.79 Å². The summed E-state index contributed by atoms with van der Waals surface area (Å²) < 4.78 is 28.4. The van der Waals surface area contributed by atoms with Crippen LogP contribution in [0.4, 0.5) is 0 Å². The Morgan fingerprint density at radius 2 is 0.818 bits per heavy atom. The zero-order valence-electron chi connectivity index (χ0n) is 47.7. The molecule has 0 bridgehead atoms. The molecule has 77 heavy (non-hydrogen) atoms. The Morgan fingerprint density at radius 3 is 1.26 bits per heavy atom. The topological polar surface area (TPSA) is 175 Å². The van der Waals surface area contributed by atoms with Crippen molar-refractivity contribution in [3.05, 3.63) is 122 Å². The van der Waals surface area contributed by atoms with Crippen LogP contribution in [0.2, 0.25) is 0 Å². The summed E-state index contributed by atoms with van der Waals surface area (Å²) in [4.78, 5) is 51.1. The molecule has 1 aliphatic rings. The number of rotatable bonds is 48. The van der Waals surface area contributed by atoms with Crippen LogP contribution < -0.4 is 0 Å². The lowest BCUT2D eigenvalue weighted by Crippen LogP contribution is -2.61. The lowest BCUT2D eigenvalue weighted by Gasteiger charge is -2.40. The highest BCUT2D eigenvalue weighted by atomic mass is 16.7. The number of aliphatic hydroxyl groups is 2. The van der Waals surface area contributed by atoms with Gasteiger partial charge >= 0.3 is 23.9 Å². The Labute approximate surface area is 465 Å². The van der Waals surface area contributed by atoms with Crippen LogP contribution in [0.1, 0.15) is 213 Å². The average Bonchev–Trinajstić information content (AvgIpc) is 3.42. The standard InChI is InChI=1S/C65H102O12/c1-4-7-10-13-16-19-22-25-27-28-29-30-32-34-36-39-42-45-48-51-57(66)73-54-56(75-58(67)52-49-46-43-40-38-35-31-26-23-20-17-14-11-8-5-2)55-74-65-63(61(70)60(69)62(77-65)64(71)72)76-59(68)53-50-47-44-41-37-33-24-21-18-15-12-9-6-3/h7-8,10-12,15-17,19-21,24-27,29-31,34,36,56,60-63,65,69-70H,4-6,9,13-14,18,22-23,28,32-33,35,37-55H2,1-3H3,(H,71,72)/b10-7-,11-8-,15-12-,19-16-,20-17-,24-21-,27-25-,30-29-,31-26-,36-34-. The summed E-state index contributed by atoms with van der Waals surface area (Å²) in [7, 11) is 0. The third-order valence-corrected chi connectivity index (χ3v) is 12.5. The summed E-state index contributed by atoms with van der Waals surface area (Å²) in [5.74, 6) is -3.22. The number of hydrogen-bond donors (Lipinski definition) is 3. The van der Waals surface area contributed by atoms with Gasteiger partial charge in [0.05, 0.1) is 6.61 Å². The van der Waals surface area contributed by atoms with Crippen LogP contribution in [0.25, 0.3) is 0 Å². The molecule has 0 aromatic rings. The number of carbonyl (C=O) groups is 4. The van der Waals surface area contributed by atoms with E-state index in [1.54, 1.807) is 0 Å². The van der Waals surface area contributed by atoms with Crippen LogP contribution in [0.15, 0.2) is 122 Å². The molecule has 1 saturated heterocycles. The molecule has 0 saturated carbocycles. The number of allylic oxidation sites excluding steroid dienone is 20. The third kappa shape index (κ3) is 41.8. The monoisotopic (exact) mass is 1070 g/mol. The molecule has 0 aromatic carbocycles. The predicted molar refractivity (Wildman–Crippen MR) is 312 cm³/mol. The number of carboxylic acid groups (broad SMARTS) is 1. The minimum atomic E-state index is -1.92. The van der Waals surface area contributed by atoms with Crippen molar-refractivity contribution in [1.29, 1.82) is 0 Å². The van der Waals surface area contributed by atoms with Crippen LogP contribution in [0.5, 0.6) is 0 Å². The number of aliphatic carboxylic acids is 1. The predicted octanol–water partition coefficient (Wildman–Crippen LogP) is 15.2. The molecule has 12 heteroatoms. The van der Waals surface area contributed by atoms with Gasteiger partial charge in [0.25, 0.3) is 0 Å². The van der Waals surface area contributed by atoms with E-state index in [1.165, 1.54) is 0 Å². The van der Waals surface area contributed by atoms with E-state index < -0.39 is 67.3 Å². The van der Waals surface area contributed by atoms with Crippen molar-refractivity contribution < 1.29 is 58.2 Å². The van der Waals surface area contributed by atoms with Crippen molar-refractivity contribution in [3.63, 3.8) is 0 Å². The van der Waals surface area contributed by atoms with E-state index in [4.69, 9.17) is 23.7 Å². The molecule has 0 radical (unpaired) electrons. The van der Waals surface area contributed by atoms with Crippen LogP contribution in [-0.4, -0.2) is 89.2 Å². The number of carboxylic acids is 1. The van der Waals surface area contributed by atoms with Crippen molar-refractivity contribution in [1.82, 2.24) is 0 Å². The molecule has 434 valence electrons. The highest BCUT2D eigenvalue weighted by molar-refractivity contribution is 5.74. The van der Waals surface area contributed by atoms with Crippen molar-refractivity contribution >= 4 is 23.9 Å². The summed E-state index contributed by atoms with van der Waals surface area (Å²) in [5.41, 5.74) is 0. The molecule has 1 rings (SSSR count). The minimum absolute atomic E-state index is 0.0322. The number of carbonyl (C=O) groups excluding carboxylic acids is 3. The van der Waals surface area contributed by atoms with Crippen LogP contribution in [-0.2, 0) is 42.9 Å². The van der Waals surface area contributed by atoms with Gasteiger partial charge in [-0.2, -0.15) is 0 Å². The Kier molecular flexibility index (Phi) is 47.2. The van der Waals surface area contributed by atoms with E-state index in [2.05, 4.69) is 142 Å². The molecule has 0 aromatic heterocycles. The van der Waals surface area contributed by atoms with E-state index in [1.807, 2.05) is 0 Å². The number of ether oxygens (including phenoxy) is 5. The first-order valence-corrected chi connectivity index (χ1v) is 29.5. The van der Waals surface area contributed by atoms with Gasteiger partial charge in [-0.1, -0.05) is 194 Å². The number of esters is 3. The molecule has 1 fully saturated rings. The van der Waals surface area contributed by atoms with E-state index in [9.17, 15) is 34.5 Å². The van der Waals surface area contributed by atoms with E-state index in [-0.39, 0.29) is 25.9 Å². The van der Waals surface area contributed by atoms with Crippen LogP contribution in [0.3, 0.4) is 0 Å². The summed E-state index contributed by atoms with van der Waals surface area (Å²) in [5, 5.41) is 31.5. The summed E-state index contributed by atoms with van der Waals surface area (Å²) in [6.07, 6.45) is 58.8. The molecule has 3 N–H and O–H groups in total. The molecule has 6 atom stereocenters. The fourth-order valence-electron chi connectivity index (χ4n) is 8.03. The lowest BCUT2D eigenvalue weighted by atomic mass is 9.98. The molecule has 0 aliphatic carbocycles. The van der Waals surface area contributed by atoms with Crippen LogP contribution >= 0.6 is 0 Å². The maximum absolute atomic E-state index is 13.1. The Hall–Kier alpha value is -4.88. The Balaban J connectivity index is 2.74. The average molecular weight is 1080 g/mol. The fourth-order valence-corrected chi connectivity index (χ4v) is 8.03. The van der Waals surface area contributed by atoms with Gasteiger partial charge in [0.1, 0.15) is 18.8 Å². The summed E-state index contributed by atoms with van der Waals surface area (Å²) in [6, 6.07) is 0. The fraction of sp³-hybridized carbons (Fsp3) is 0.631. The zero-order valence-corrected chi connectivity index (χ0v) is 47.7. The molecular weight excluding hydrogens is 973 g/mol. The second-order valence-electron chi connectivity index (χ2n) is 19.5. The smallest absolute Gasteiger partial charge is 0.335 e. The quantitative estimate of drug-likeness (QED) is 0.0228. The van der Waals surface area contributed by atoms with Gasteiger partial charge in [-0.15, -0.1) is 0 Å². The van der Waals surface area contributed by atoms with E-state index in [0.29, 0.717) is 19.3 Å². The number of unbranched alkanes of at least 4 members (excludes halogenated alkanes) is 14. The first kappa shape index (κ1) is 70.1. The van der Waals surface area contributed by atoms with Crippen molar-refractivity contribution in [2.75, 3.05) is 13.2 Å². The second kappa shape index (κ2) is 51.9. The first-order chi connectivity index (χ1) is 37.6. The largest absolute Gasteiger partial charge is 0.479 e. The molecule has 1 aliphatic heterocycles. The first-order valence-electron chi connectivity index (χ1n) is 29.5. The summed E-state index contributed by atoms with van der Waals surface area (Å²) >= 11 is 0. The van der Waals surface area contributed by atoms with E-state index >= 15 is 0 Å². The molecule has 12 nitrogen and oxygen atoms in total. The Morgan fingerprint density at radius 1 is 0.442 bits per heavy atom. The Bertz CT molecular complexity index is 1800. The van der Waals surface area contributed by atoms with Crippen molar-refractivity contribution in [2.24, 2.45) is 0 Å². The maximum Gasteiger partial charge on any atom is 0.335 e. The van der Waals surface area contributed by atoms with Gasteiger partial charge in [-0.05, 0) is 122 Å². The van der Waals surface area contributed by atoms with Crippen molar-refractivity contribution in [2.45, 2.75) is 250 Å². The summed E-state index contributed by atoms with van der Waals surface area (Å²) in [6.45, 7) is 5.63. The zero-order chi connectivity index (χ0) is 56.1. The van der Waals surface area contributed by atoms with Gasteiger partial charge < -0.3 is 39.0 Å². The molecular formula is C65H102O12. The molecule has 6 unspecified atom stereocenters. The van der Waals surface area contributed by atoms with E-state index in [0.717, 1.165) is 154 Å². The SMILES string of the molecule is CC/C=C\C/C=C\C/C=C\C/C=C\C/C=C\CCCCCC(=O)OCC(COC1OC(C(=O)O)C(O)C(O)C1OC(=O)CCCCCCC/C=C\C/C=C\CCC)OC(=O)CCCCCCC/C=C\C/C=C\C/C=C\CC. The molecule has 1 heterocycles. The van der Waals surface area contributed by atoms with Gasteiger partial charge in [0.15, 0.2) is 24.6 Å². The maximum atomic E-state index is 13.1. The normalized spacial score (nSPS) is 18.9.